The molecule has 1 N–H and O–H groups in total. The fourth-order valence-corrected chi connectivity index (χ4v) is 8.81. The number of hydrogen-bond acceptors (Lipinski definition) is 5. The highest BCUT2D eigenvalue weighted by Gasteiger charge is 2.26. The van der Waals surface area contributed by atoms with Gasteiger partial charge in [0.05, 0.1) is 0 Å². The minimum absolute atomic E-state index is 0.544. The molecule has 0 aliphatic heterocycles. The molecule has 0 aromatic heterocycles. The highest BCUT2D eigenvalue weighted by atomic mass is 31.2. The second kappa shape index (κ2) is 23.5. The Labute approximate surface area is 318 Å². The lowest BCUT2D eigenvalue weighted by Gasteiger charge is -2.25. The molecular weight excluding hydrogens is 713 g/mol. The van der Waals surface area contributed by atoms with E-state index in [1.165, 1.54) is 5.56 Å². The van der Waals surface area contributed by atoms with E-state index in [1.807, 2.05) is 165 Å². The van der Waals surface area contributed by atoms with Crippen LogP contribution >= 0.6 is 24.9 Å². The first-order valence-electron chi connectivity index (χ1n) is 17.0. The summed E-state index contributed by atoms with van der Waals surface area (Å²) in [6.45, 7) is 9.52. The zero-order valence-electron chi connectivity index (χ0n) is 30.2. The van der Waals surface area contributed by atoms with E-state index < -0.39 is 24.9 Å². The van der Waals surface area contributed by atoms with Crippen LogP contribution in [0.2, 0.25) is 0 Å². The zero-order valence-corrected chi connectivity index (χ0v) is 32.9. The second-order valence-electron chi connectivity index (χ2n) is 11.1. The van der Waals surface area contributed by atoms with Gasteiger partial charge in [0.15, 0.2) is 0 Å². The van der Waals surface area contributed by atoms with Crippen molar-refractivity contribution >= 4 is 40.8 Å². The minimum Gasteiger partial charge on any atom is -0.439 e. The third kappa shape index (κ3) is 14.5. The van der Waals surface area contributed by atoms with Crippen LogP contribution in [0.4, 0.5) is 0 Å². The highest BCUT2D eigenvalue weighted by molar-refractivity contribution is 7.80. The fourth-order valence-electron chi connectivity index (χ4n) is 4.67. The number of benzene rings is 6. The van der Waals surface area contributed by atoms with Gasteiger partial charge in [0.2, 0.25) is 0 Å². The summed E-state index contributed by atoms with van der Waals surface area (Å²) in [5.41, 5.74) is 1.32. The number of para-hydroxylation sites is 4. The Bertz CT molecular complexity index is 1860. The minimum atomic E-state index is -2.20. The predicted octanol–water partition coefficient (Wildman–Crippen LogP) is 11.8. The summed E-state index contributed by atoms with van der Waals surface area (Å²) in [5, 5.41) is 3.08. The number of rotatable bonds is 13. The molecule has 270 valence electrons. The Morgan fingerprint density at radius 2 is 0.962 bits per heavy atom. The normalized spacial score (nSPS) is 12.2. The molecule has 0 amide bonds. The molecule has 0 saturated heterocycles. The smallest absolute Gasteiger partial charge is 0.439 e. The zero-order chi connectivity index (χ0) is 37.5. The van der Waals surface area contributed by atoms with Crippen LogP contribution in [-0.4, -0.2) is 11.6 Å². The van der Waals surface area contributed by atoms with Crippen LogP contribution in [0.15, 0.2) is 207 Å². The molecule has 3 atom stereocenters. The molecule has 3 unspecified atom stereocenters. The van der Waals surface area contributed by atoms with E-state index in [4.69, 9.17) is 18.1 Å². The number of aryl methyl sites for hydroxylation is 1. The molecule has 53 heavy (non-hydrogen) atoms. The van der Waals surface area contributed by atoms with E-state index in [9.17, 15) is 4.89 Å². The van der Waals surface area contributed by atoms with Gasteiger partial charge in [-0.05, 0) is 63.5 Å². The number of allylic oxidation sites excluding steroid dienone is 5. The van der Waals surface area contributed by atoms with Gasteiger partial charge in [-0.2, -0.15) is 0 Å². The van der Waals surface area contributed by atoms with E-state index in [2.05, 4.69) is 43.8 Å². The average Bonchev–Trinajstić information content (AvgIpc) is 3.18. The van der Waals surface area contributed by atoms with E-state index >= 15 is 0 Å². The molecule has 6 aromatic rings. The van der Waals surface area contributed by atoms with Gasteiger partial charge in [0.25, 0.3) is 8.38 Å². The first kappa shape index (κ1) is 40.8. The maximum Gasteiger partial charge on any atom is 0.460 e. The van der Waals surface area contributed by atoms with E-state index in [0.717, 1.165) is 27.4 Å². The van der Waals surface area contributed by atoms with Gasteiger partial charge in [-0.1, -0.05) is 176 Å². The highest BCUT2D eigenvalue weighted by Crippen LogP contribution is 2.45. The first-order valence-corrected chi connectivity index (χ1v) is 21.1. The third-order valence-electron chi connectivity index (χ3n) is 7.03. The molecule has 0 radical (unpaired) electrons. The van der Waals surface area contributed by atoms with Crippen LogP contribution in [0.3, 0.4) is 0 Å². The lowest BCUT2D eigenvalue weighted by molar-refractivity contribution is 0.383. The summed E-state index contributed by atoms with van der Waals surface area (Å²) in [7, 11) is -4.56. The van der Waals surface area contributed by atoms with Crippen molar-refractivity contribution in [3.05, 3.63) is 212 Å². The lowest BCUT2D eigenvalue weighted by atomic mass is 10.2. The molecule has 0 fully saturated rings. The van der Waals surface area contributed by atoms with Crippen molar-refractivity contribution < 1.29 is 23.0 Å². The van der Waals surface area contributed by atoms with Crippen molar-refractivity contribution in [3.63, 3.8) is 0 Å². The van der Waals surface area contributed by atoms with Gasteiger partial charge in [0, 0.05) is 17.3 Å². The summed E-state index contributed by atoms with van der Waals surface area (Å²) in [6, 6.07) is 55.2. The summed E-state index contributed by atoms with van der Waals surface area (Å²) >= 11 is 0. The van der Waals surface area contributed by atoms with Gasteiger partial charge < -0.3 is 23.0 Å². The lowest BCUT2D eigenvalue weighted by Crippen LogP contribution is -2.23. The van der Waals surface area contributed by atoms with Crippen molar-refractivity contribution in [1.29, 1.82) is 0 Å². The van der Waals surface area contributed by atoms with Crippen molar-refractivity contribution in [1.82, 2.24) is 0 Å². The van der Waals surface area contributed by atoms with Crippen LogP contribution in [0.5, 0.6) is 23.0 Å². The van der Waals surface area contributed by atoms with Crippen LogP contribution in [0.1, 0.15) is 12.5 Å². The van der Waals surface area contributed by atoms with Gasteiger partial charge in [-0.25, -0.2) is 0 Å². The van der Waals surface area contributed by atoms with Gasteiger partial charge in [-0.3, -0.25) is 0 Å². The monoisotopic (exact) mass is 758 g/mol. The molecule has 0 heterocycles. The summed E-state index contributed by atoms with van der Waals surface area (Å²) in [4.78, 5) is 10.7. The summed E-state index contributed by atoms with van der Waals surface area (Å²) in [5.74, 6) is 2.62. The Morgan fingerprint density at radius 1 is 0.509 bits per heavy atom. The molecule has 0 spiro atoms. The Kier molecular flexibility index (Phi) is 18.1. The van der Waals surface area contributed by atoms with Crippen molar-refractivity contribution in [2.24, 2.45) is 0 Å². The molecular formula is C45H45O5P3. The number of hydrogen-bond donors (Lipinski definition) is 1. The standard InChI is InChI=1S/C31H27O5P3.C7H8.C7H10/c1-37(33-25-15-5-2-6-16-25)35-28-21-11-13-23-30(28)38(27-19-9-4-10-20-27)31-24-14-12-22-29(31)36-39(32)34-26-17-7-3-8-18-26;1-7-5-3-2-4-6-7;1-3-5-7-6-4-2/h2-24,32H,1H3;2-6H,1H3;3-7H,1H2,2H3/b;;6-4-,7-5-. The largest absolute Gasteiger partial charge is 0.460 e. The van der Waals surface area contributed by atoms with Crippen LogP contribution in [0.25, 0.3) is 0 Å². The van der Waals surface area contributed by atoms with Gasteiger partial charge >= 0.3 is 8.60 Å². The predicted molar refractivity (Wildman–Crippen MR) is 228 cm³/mol. The molecule has 6 aromatic carbocycles. The van der Waals surface area contributed by atoms with Crippen molar-refractivity contribution in [2.75, 3.05) is 6.66 Å². The fraction of sp³-hybridized carbons (Fsp3) is 0.0667. The Hall–Kier alpha value is -5.01. The van der Waals surface area contributed by atoms with Crippen LogP contribution in [0, 0.1) is 6.92 Å². The molecule has 0 saturated carbocycles. The molecule has 5 nitrogen and oxygen atoms in total. The maximum atomic E-state index is 10.7. The van der Waals surface area contributed by atoms with Crippen molar-refractivity contribution in [3.8, 4) is 23.0 Å². The molecule has 0 aliphatic carbocycles. The average molecular weight is 759 g/mol. The van der Waals surface area contributed by atoms with Crippen LogP contribution < -0.4 is 34.0 Å². The molecule has 8 heteroatoms. The first-order chi connectivity index (χ1) is 26.0. The quantitative estimate of drug-likeness (QED) is 0.0939. The van der Waals surface area contributed by atoms with E-state index in [0.29, 0.717) is 11.5 Å². The van der Waals surface area contributed by atoms with Crippen LogP contribution in [-0.2, 0) is 0 Å². The molecule has 0 bridgehead atoms. The topological polar surface area (TPSA) is 57.2 Å². The Balaban J connectivity index is 0.000000376. The summed E-state index contributed by atoms with van der Waals surface area (Å²) in [6.07, 6.45) is 9.51. The molecule has 0 aliphatic rings. The third-order valence-corrected chi connectivity index (χ3v) is 11.2. The van der Waals surface area contributed by atoms with E-state index in [-0.39, 0.29) is 0 Å². The maximum absolute atomic E-state index is 10.7. The Morgan fingerprint density at radius 3 is 1.45 bits per heavy atom. The van der Waals surface area contributed by atoms with E-state index in [1.54, 1.807) is 18.2 Å². The van der Waals surface area contributed by atoms with Gasteiger partial charge in [-0.15, -0.1) is 0 Å². The SMILES string of the molecule is C=C/C=C\C=C/C.CP(Oc1ccccc1)Oc1ccccc1P(c1ccccc1)c1ccccc1OP(O)Oc1ccccc1.Cc1ccccc1. The summed E-state index contributed by atoms with van der Waals surface area (Å²) < 4.78 is 24.2. The van der Waals surface area contributed by atoms with Crippen molar-refractivity contribution in [2.45, 2.75) is 13.8 Å². The van der Waals surface area contributed by atoms with Gasteiger partial charge in [0.1, 0.15) is 23.0 Å². The molecule has 6 rings (SSSR count). The second-order valence-corrected chi connectivity index (χ2v) is 15.3.